The molecule has 2 aliphatic heterocycles. The lowest BCUT2D eigenvalue weighted by molar-refractivity contribution is 0.0956. The predicted octanol–water partition coefficient (Wildman–Crippen LogP) is 10.9. The minimum Gasteiger partial charge on any atom is -0.495 e. The van der Waals surface area contributed by atoms with Crippen LogP contribution in [0.2, 0.25) is 10.0 Å². The number of ether oxygens (including phenoxy) is 2. The lowest BCUT2D eigenvalue weighted by atomic mass is 9.87. The van der Waals surface area contributed by atoms with Gasteiger partial charge in [-0.2, -0.15) is 9.97 Å². The Balaban J connectivity index is 0.000000216. The Morgan fingerprint density at radius 2 is 1.01 bits per heavy atom. The van der Waals surface area contributed by atoms with Gasteiger partial charge in [0.05, 0.1) is 60.5 Å². The summed E-state index contributed by atoms with van der Waals surface area (Å²) in [6.45, 7) is 19.7. The first-order valence-corrected chi connectivity index (χ1v) is 25.5. The van der Waals surface area contributed by atoms with Crippen molar-refractivity contribution in [2.24, 2.45) is 0 Å². The maximum atomic E-state index is 12.2. The van der Waals surface area contributed by atoms with E-state index in [1.807, 2.05) is 30.3 Å². The molecular weight excluding hydrogens is 978 g/mol. The van der Waals surface area contributed by atoms with Crippen LogP contribution in [0.4, 0.5) is 52.0 Å². The second-order valence-electron chi connectivity index (χ2n) is 20.0. The van der Waals surface area contributed by atoms with Crippen LogP contribution >= 0.6 is 23.2 Å². The quantitative estimate of drug-likeness (QED) is 0.0605. The van der Waals surface area contributed by atoms with Gasteiger partial charge < -0.3 is 46.3 Å². The highest BCUT2D eigenvalue weighted by molar-refractivity contribution is 6.33. The van der Waals surface area contributed by atoms with Gasteiger partial charge in [0.25, 0.3) is 11.8 Å². The molecule has 0 spiro atoms. The van der Waals surface area contributed by atoms with Crippen LogP contribution in [0, 0.1) is 0 Å². The van der Waals surface area contributed by atoms with Gasteiger partial charge in [-0.3, -0.25) is 19.4 Å². The summed E-state index contributed by atoms with van der Waals surface area (Å²) in [7, 11) is 6.49. The summed E-state index contributed by atoms with van der Waals surface area (Å²) in [5.74, 6) is 2.96. The summed E-state index contributed by atoms with van der Waals surface area (Å²) >= 11 is 12.7. The third-order valence-corrected chi connectivity index (χ3v) is 13.8. The summed E-state index contributed by atoms with van der Waals surface area (Å²) in [5, 5.41) is 18.7. The standard InChI is InChI=1S/C28H35ClN6O2.C27H34ClN7O2/c1-28(2,3)35-14-12-18(13-15-35)19-10-11-23(24(16-19)37-5)33-27-31-17-21(29)25(34-27)32-22-9-7-6-8-20(22)26(36)30-4;1-27(2,3)35-14-12-34(13-15-35)18-10-11-22(23(16-18)37-5)32-26-30-17-20(28)24(33-26)31-21-9-7-6-8-19(21)25(36)29-4/h6-11,16-18H,12-15H2,1-5H3,(H,30,36)(H2,31,32,33,34);6-11,16-17H,12-15H2,1-5H3,(H,29,36)(H2,30,31,32,33). The van der Waals surface area contributed by atoms with E-state index in [1.165, 1.54) is 18.0 Å². The smallest absolute Gasteiger partial charge is 0.253 e. The molecular formula is C55H69Cl2N13O4. The van der Waals surface area contributed by atoms with Gasteiger partial charge in [0.15, 0.2) is 11.6 Å². The van der Waals surface area contributed by atoms with E-state index in [2.05, 4.69) is 126 Å². The van der Waals surface area contributed by atoms with Gasteiger partial charge in [0, 0.05) is 63.1 Å². The Bertz CT molecular complexity index is 2700. The van der Waals surface area contributed by atoms with Crippen molar-refractivity contribution in [3.05, 3.63) is 124 Å². The number of anilines is 9. The zero-order valence-electron chi connectivity index (χ0n) is 44.0. The number of hydrogen-bond acceptors (Lipinski definition) is 15. The van der Waals surface area contributed by atoms with Gasteiger partial charge in [0.2, 0.25) is 11.9 Å². The third kappa shape index (κ3) is 13.8. The van der Waals surface area contributed by atoms with E-state index >= 15 is 0 Å². The molecule has 0 aliphatic carbocycles. The normalized spacial score (nSPS) is 14.5. The number of piperazine rings is 1. The lowest BCUT2D eigenvalue weighted by Gasteiger charge is -2.43. The van der Waals surface area contributed by atoms with Gasteiger partial charge in [-0.15, -0.1) is 0 Å². The average molecular weight is 1050 g/mol. The molecule has 74 heavy (non-hydrogen) atoms. The van der Waals surface area contributed by atoms with E-state index in [-0.39, 0.29) is 22.9 Å². The van der Waals surface area contributed by atoms with Gasteiger partial charge in [-0.05, 0) is 127 Å². The van der Waals surface area contributed by atoms with Gasteiger partial charge in [0.1, 0.15) is 21.5 Å². The number of carbonyl (C=O) groups is 2. The van der Waals surface area contributed by atoms with E-state index in [0.29, 0.717) is 67.7 Å². The first kappa shape index (κ1) is 54.8. The topological polar surface area (TPSA) is 186 Å². The van der Waals surface area contributed by atoms with Crippen LogP contribution in [0.5, 0.6) is 11.5 Å². The molecule has 392 valence electrons. The number of para-hydroxylation sites is 2. The van der Waals surface area contributed by atoms with Crippen molar-refractivity contribution in [3.8, 4) is 11.5 Å². The van der Waals surface area contributed by atoms with E-state index in [0.717, 1.165) is 74.9 Å². The zero-order valence-corrected chi connectivity index (χ0v) is 45.5. The number of aromatic nitrogens is 4. The van der Waals surface area contributed by atoms with Crippen molar-refractivity contribution >= 4 is 87.0 Å². The first-order chi connectivity index (χ1) is 35.4. The number of benzene rings is 4. The Labute approximate surface area is 445 Å². The summed E-state index contributed by atoms with van der Waals surface area (Å²) in [6.07, 6.45) is 5.28. The van der Waals surface area contributed by atoms with Crippen LogP contribution in [0.3, 0.4) is 0 Å². The van der Waals surface area contributed by atoms with Crippen LogP contribution in [0.1, 0.15) is 86.6 Å². The van der Waals surface area contributed by atoms with Crippen molar-refractivity contribution in [2.45, 2.75) is 71.4 Å². The summed E-state index contributed by atoms with van der Waals surface area (Å²) in [5.41, 5.74) is 6.41. The highest BCUT2D eigenvalue weighted by atomic mass is 35.5. The number of piperidine rings is 1. The van der Waals surface area contributed by atoms with Crippen LogP contribution in [0.25, 0.3) is 0 Å². The van der Waals surface area contributed by atoms with Crippen molar-refractivity contribution in [1.29, 1.82) is 0 Å². The minimum atomic E-state index is -0.212. The molecule has 8 rings (SSSR count). The predicted molar refractivity (Wildman–Crippen MR) is 300 cm³/mol. The molecule has 17 nitrogen and oxygen atoms in total. The van der Waals surface area contributed by atoms with Crippen LogP contribution in [-0.2, 0) is 0 Å². The Morgan fingerprint density at radius 3 is 1.47 bits per heavy atom. The number of rotatable bonds is 14. The van der Waals surface area contributed by atoms with Crippen LogP contribution in [-0.4, -0.2) is 120 Å². The van der Waals surface area contributed by atoms with Crippen molar-refractivity contribution in [1.82, 2.24) is 40.4 Å². The van der Waals surface area contributed by atoms with Crippen molar-refractivity contribution < 1.29 is 19.1 Å². The lowest BCUT2D eigenvalue weighted by Crippen LogP contribution is -2.53. The molecule has 0 atom stereocenters. The fourth-order valence-corrected chi connectivity index (χ4v) is 9.22. The molecule has 4 aromatic carbocycles. The molecule has 2 saturated heterocycles. The Hall–Kier alpha value is -6.92. The van der Waals surface area contributed by atoms with Gasteiger partial charge in [-0.25, -0.2) is 9.97 Å². The molecule has 2 amide bonds. The number of likely N-dealkylation sites (tertiary alicyclic amines) is 1. The summed E-state index contributed by atoms with van der Waals surface area (Å²) in [6, 6.07) is 26.6. The molecule has 4 heterocycles. The number of carbonyl (C=O) groups excluding carboxylic acids is 2. The van der Waals surface area contributed by atoms with E-state index < -0.39 is 0 Å². The highest BCUT2D eigenvalue weighted by Gasteiger charge is 2.29. The van der Waals surface area contributed by atoms with Gasteiger partial charge in [-0.1, -0.05) is 53.5 Å². The Kier molecular flexibility index (Phi) is 18.1. The SMILES string of the molecule is CNC(=O)c1ccccc1Nc1nc(Nc2ccc(C3CCN(C(C)(C)C)CC3)cc2OC)ncc1Cl.CNC(=O)c1ccccc1Nc1nc(Nc2ccc(N3CCN(C(C)(C)C)CC3)cc2OC)ncc1Cl. The molecule has 2 aliphatic rings. The highest BCUT2D eigenvalue weighted by Crippen LogP contribution is 2.38. The largest absolute Gasteiger partial charge is 0.495 e. The number of hydrogen-bond donors (Lipinski definition) is 6. The van der Waals surface area contributed by atoms with Crippen molar-refractivity contribution in [2.75, 3.05) is 93.8 Å². The third-order valence-electron chi connectivity index (χ3n) is 13.2. The van der Waals surface area contributed by atoms with Crippen LogP contribution < -0.4 is 46.3 Å². The monoisotopic (exact) mass is 1050 g/mol. The molecule has 2 aromatic heterocycles. The summed E-state index contributed by atoms with van der Waals surface area (Å²) in [4.78, 5) is 49.7. The maximum absolute atomic E-state index is 12.2. The molecule has 6 aromatic rings. The average Bonchev–Trinajstić information content (AvgIpc) is 3.40. The number of nitrogens with one attached hydrogen (secondary N) is 6. The first-order valence-electron chi connectivity index (χ1n) is 24.8. The fourth-order valence-electron chi connectivity index (χ4n) is 8.94. The zero-order chi connectivity index (χ0) is 53.2. The molecule has 19 heteroatoms. The Morgan fingerprint density at radius 1 is 0.568 bits per heavy atom. The number of amides is 2. The second-order valence-corrected chi connectivity index (χ2v) is 20.8. The van der Waals surface area contributed by atoms with E-state index in [1.54, 1.807) is 64.7 Å². The minimum absolute atomic E-state index is 0.175. The number of nitrogens with zero attached hydrogens (tertiary/aromatic N) is 7. The van der Waals surface area contributed by atoms with Gasteiger partial charge >= 0.3 is 0 Å². The summed E-state index contributed by atoms with van der Waals surface area (Å²) < 4.78 is 11.4. The molecule has 2 fully saturated rings. The second kappa shape index (κ2) is 24.4. The van der Waals surface area contributed by atoms with Crippen molar-refractivity contribution in [3.63, 3.8) is 0 Å². The van der Waals surface area contributed by atoms with Crippen LogP contribution in [0.15, 0.2) is 97.3 Å². The number of methoxy groups -OCH3 is 2. The molecule has 0 radical (unpaired) electrons. The van der Waals surface area contributed by atoms with E-state index in [4.69, 9.17) is 32.7 Å². The number of halogens is 2. The molecule has 6 N–H and O–H groups in total. The molecule has 0 unspecified atom stereocenters. The maximum Gasteiger partial charge on any atom is 0.253 e. The molecule has 0 saturated carbocycles. The molecule has 0 bridgehead atoms. The fraction of sp³-hybridized carbons (Fsp3) is 0.382. The van der Waals surface area contributed by atoms with E-state index in [9.17, 15) is 9.59 Å².